The van der Waals surface area contributed by atoms with E-state index in [-0.39, 0.29) is 10.3 Å². The van der Waals surface area contributed by atoms with Gasteiger partial charge in [0.25, 0.3) is 0 Å². The normalized spacial score (nSPS) is 22.3. The van der Waals surface area contributed by atoms with Crippen LogP contribution in [0.5, 0.6) is 0 Å². The van der Waals surface area contributed by atoms with Crippen molar-refractivity contribution in [3.8, 4) is 0 Å². The van der Waals surface area contributed by atoms with Crippen molar-refractivity contribution in [1.29, 1.82) is 0 Å². The lowest BCUT2D eigenvalue weighted by Gasteiger charge is -2.15. The van der Waals surface area contributed by atoms with E-state index in [9.17, 15) is 8.42 Å². The molecule has 96 valence electrons. The van der Waals surface area contributed by atoms with Gasteiger partial charge in [-0.2, -0.15) is 0 Å². The van der Waals surface area contributed by atoms with Crippen LogP contribution < -0.4 is 10.0 Å². The summed E-state index contributed by atoms with van der Waals surface area (Å²) < 4.78 is 27.6. The van der Waals surface area contributed by atoms with Crippen molar-refractivity contribution < 1.29 is 8.42 Å². The maximum Gasteiger partial charge on any atom is 0.250 e. The molecule has 1 unspecified atom stereocenters. The van der Waals surface area contributed by atoms with Gasteiger partial charge in [-0.3, -0.25) is 0 Å². The van der Waals surface area contributed by atoms with Crippen molar-refractivity contribution in [3.63, 3.8) is 0 Å². The first kappa shape index (κ1) is 13.3. The Morgan fingerprint density at radius 3 is 2.94 bits per heavy atom. The summed E-state index contributed by atoms with van der Waals surface area (Å²) in [5.74, 6) is 0. The van der Waals surface area contributed by atoms with Gasteiger partial charge in [-0.05, 0) is 31.5 Å². The third kappa shape index (κ3) is 3.66. The van der Waals surface area contributed by atoms with Crippen molar-refractivity contribution in [3.05, 3.63) is 16.5 Å². The molecule has 4 nitrogen and oxygen atoms in total. The van der Waals surface area contributed by atoms with Gasteiger partial charge in [0.2, 0.25) is 10.0 Å². The minimum Gasteiger partial charge on any atom is -0.315 e. The van der Waals surface area contributed by atoms with Crippen LogP contribution >= 0.6 is 22.9 Å². The van der Waals surface area contributed by atoms with Gasteiger partial charge in [0, 0.05) is 12.6 Å². The van der Waals surface area contributed by atoms with E-state index in [0.717, 1.165) is 37.1 Å². The largest absolute Gasteiger partial charge is 0.315 e. The maximum atomic E-state index is 12.0. The predicted octanol–water partition coefficient (Wildman–Crippen LogP) is 1.82. The Balaban J connectivity index is 2.06. The minimum atomic E-state index is -3.41. The quantitative estimate of drug-likeness (QED) is 0.894. The molecule has 2 heterocycles. The molecule has 1 saturated heterocycles. The van der Waals surface area contributed by atoms with Gasteiger partial charge in [0.15, 0.2) is 0 Å². The number of thiophene rings is 1. The average molecular weight is 295 g/mol. The fourth-order valence-electron chi connectivity index (χ4n) is 1.84. The van der Waals surface area contributed by atoms with Crippen LogP contribution in [0, 0.1) is 0 Å². The highest BCUT2D eigenvalue weighted by atomic mass is 35.5. The second-order valence-electron chi connectivity index (χ2n) is 4.08. The molecule has 1 fully saturated rings. The highest BCUT2D eigenvalue weighted by molar-refractivity contribution is 7.91. The molecule has 0 aromatic carbocycles. The molecule has 0 aliphatic carbocycles. The molecule has 1 aliphatic rings. The molecule has 7 heteroatoms. The zero-order valence-electron chi connectivity index (χ0n) is 9.28. The topological polar surface area (TPSA) is 58.2 Å². The minimum absolute atomic E-state index is 0.0247. The highest BCUT2D eigenvalue weighted by Gasteiger charge is 2.22. The summed E-state index contributed by atoms with van der Waals surface area (Å²) in [6.45, 7) is 1.65. The number of sulfonamides is 1. The molecule has 0 bridgehead atoms. The number of hydrogen-bond donors (Lipinski definition) is 2. The lowest BCUT2D eigenvalue weighted by Crippen LogP contribution is -2.40. The first-order chi connectivity index (χ1) is 8.08. The Labute approximate surface area is 110 Å². The molecule has 1 aliphatic heterocycles. The van der Waals surface area contributed by atoms with Crippen LogP contribution in [-0.4, -0.2) is 27.5 Å². The van der Waals surface area contributed by atoms with E-state index < -0.39 is 10.0 Å². The third-order valence-electron chi connectivity index (χ3n) is 2.68. The summed E-state index contributed by atoms with van der Waals surface area (Å²) in [5.41, 5.74) is 0. The maximum absolute atomic E-state index is 12.0. The third-order valence-corrected chi connectivity index (χ3v) is 5.93. The number of hydrogen-bond acceptors (Lipinski definition) is 4. The van der Waals surface area contributed by atoms with Crippen molar-refractivity contribution in [2.24, 2.45) is 0 Å². The van der Waals surface area contributed by atoms with E-state index in [2.05, 4.69) is 10.0 Å². The Bertz CT molecular complexity index is 464. The standard InChI is InChI=1S/C10H15ClN2O2S2/c11-9-4-5-10(16-9)17(14,15)13-8-3-1-2-6-12-7-8/h4-5,8,12-13H,1-3,6-7H2. The molecular formula is C10H15ClN2O2S2. The van der Waals surface area contributed by atoms with Crippen LogP contribution in [-0.2, 0) is 10.0 Å². The molecule has 0 spiro atoms. The predicted molar refractivity (Wildman–Crippen MR) is 70.2 cm³/mol. The van der Waals surface area contributed by atoms with Gasteiger partial charge < -0.3 is 5.32 Å². The SMILES string of the molecule is O=S(=O)(NC1CCCCNC1)c1ccc(Cl)s1. The second-order valence-corrected chi connectivity index (χ2v) is 7.73. The van der Waals surface area contributed by atoms with Gasteiger partial charge in [-0.25, -0.2) is 13.1 Å². The molecule has 2 rings (SSSR count). The van der Waals surface area contributed by atoms with Crippen LogP contribution in [0.3, 0.4) is 0 Å². The zero-order chi connectivity index (χ0) is 12.3. The highest BCUT2D eigenvalue weighted by Crippen LogP contribution is 2.25. The second kappa shape index (κ2) is 5.67. The van der Waals surface area contributed by atoms with Crippen LogP contribution in [0.15, 0.2) is 16.3 Å². The average Bonchev–Trinajstić information content (AvgIpc) is 2.55. The van der Waals surface area contributed by atoms with Crippen LogP contribution in [0.1, 0.15) is 19.3 Å². The fraction of sp³-hybridized carbons (Fsp3) is 0.600. The molecule has 0 saturated carbocycles. The molecule has 0 radical (unpaired) electrons. The number of rotatable bonds is 3. The van der Waals surface area contributed by atoms with E-state index in [4.69, 9.17) is 11.6 Å². The summed E-state index contributed by atoms with van der Waals surface area (Å²) in [4.78, 5) is 0. The molecule has 17 heavy (non-hydrogen) atoms. The van der Waals surface area contributed by atoms with Gasteiger partial charge in [0.05, 0.1) is 4.34 Å². The van der Waals surface area contributed by atoms with E-state index >= 15 is 0 Å². The van der Waals surface area contributed by atoms with E-state index in [0.29, 0.717) is 10.9 Å². The Hall–Kier alpha value is -0.140. The van der Waals surface area contributed by atoms with Crippen molar-refractivity contribution in [2.75, 3.05) is 13.1 Å². The van der Waals surface area contributed by atoms with Crippen LogP contribution in [0.25, 0.3) is 0 Å². The van der Waals surface area contributed by atoms with Gasteiger partial charge in [0.1, 0.15) is 4.21 Å². The van der Waals surface area contributed by atoms with Crippen molar-refractivity contribution in [1.82, 2.24) is 10.0 Å². The van der Waals surface area contributed by atoms with Crippen molar-refractivity contribution >= 4 is 33.0 Å². The number of nitrogens with one attached hydrogen (secondary N) is 2. The Kier molecular flexibility index (Phi) is 4.43. The van der Waals surface area contributed by atoms with Crippen LogP contribution in [0.4, 0.5) is 0 Å². The molecular weight excluding hydrogens is 280 g/mol. The van der Waals surface area contributed by atoms with Gasteiger partial charge in [-0.15, -0.1) is 11.3 Å². The lowest BCUT2D eigenvalue weighted by molar-refractivity contribution is 0.522. The van der Waals surface area contributed by atoms with E-state index in [1.54, 1.807) is 12.1 Å². The summed E-state index contributed by atoms with van der Waals surface area (Å²) in [5, 5.41) is 3.23. The van der Waals surface area contributed by atoms with E-state index in [1.165, 1.54) is 0 Å². The Morgan fingerprint density at radius 2 is 2.24 bits per heavy atom. The lowest BCUT2D eigenvalue weighted by atomic mass is 10.2. The summed E-state index contributed by atoms with van der Waals surface area (Å²) in [6.07, 6.45) is 3.03. The molecule has 0 amide bonds. The smallest absolute Gasteiger partial charge is 0.250 e. The molecule has 1 aromatic rings. The molecule has 2 N–H and O–H groups in total. The number of halogens is 1. The van der Waals surface area contributed by atoms with Crippen LogP contribution in [0.2, 0.25) is 4.34 Å². The zero-order valence-corrected chi connectivity index (χ0v) is 11.7. The monoisotopic (exact) mass is 294 g/mol. The Morgan fingerprint density at radius 1 is 1.41 bits per heavy atom. The summed E-state index contributed by atoms with van der Waals surface area (Å²) in [7, 11) is -3.41. The first-order valence-electron chi connectivity index (χ1n) is 5.56. The fourth-order valence-corrected chi connectivity index (χ4v) is 4.61. The summed E-state index contributed by atoms with van der Waals surface area (Å²) in [6, 6.07) is 3.12. The van der Waals surface area contributed by atoms with Gasteiger partial charge in [-0.1, -0.05) is 18.0 Å². The molecule has 1 aromatic heterocycles. The van der Waals surface area contributed by atoms with Crippen molar-refractivity contribution in [2.45, 2.75) is 29.5 Å². The molecule has 1 atom stereocenters. The van der Waals surface area contributed by atoms with E-state index in [1.807, 2.05) is 0 Å². The summed E-state index contributed by atoms with van der Waals surface area (Å²) >= 11 is 6.83. The first-order valence-corrected chi connectivity index (χ1v) is 8.24. The van der Waals surface area contributed by atoms with Gasteiger partial charge >= 0.3 is 0 Å².